The molecule has 0 aliphatic heterocycles. The fraction of sp³-hybridized carbons (Fsp3) is 0.923. The zero-order valence-electron chi connectivity index (χ0n) is 11.9. The van der Waals surface area contributed by atoms with Gasteiger partial charge in [0, 0.05) is 19.6 Å². The van der Waals surface area contributed by atoms with Gasteiger partial charge in [0.1, 0.15) is 6.04 Å². The maximum absolute atomic E-state index is 10.9. The highest BCUT2D eigenvalue weighted by Crippen LogP contribution is 2.06. The lowest BCUT2D eigenvalue weighted by Crippen LogP contribution is -2.39. The second-order valence-electron chi connectivity index (χ2n) is 5.52. The molecule has 2 N–H and O–H groups in total. The van der Waals surface area contributed by atoms with E-state index in [9.17, 15) is 4.79 Å². The van der Waals surface area contributed by atoms with Gasteiger partial charge in [-0.25, -0.2) is 0 Å². The topological polar surface area (TPSA) is 52.6 Å². The van der Waals surface area contributed by atoms with Crippen molar-refractivity contribution in [3.63, 3.8) is 0 Å². The average molecular weight is 244 g/mol. The van der Waals surface area contributed by atoms with E-state index in [2.05, 4.69) is 37.9 Å². The highest BCUT2D eigenvalue weighted by atomic mass is 16.4. The highest BCUT2D eigenvalue weighted by Gasteiger charge is 2.17. The van der Waals surface area contributed by atoms with Gasteiger partial charge in [-0.05, 0) is 25.3 Å². The molecule has 0 aliphatic carbocycles. The summed E-state index contributed by atoms with van der Waals surface area (Å²) >= 11 is 0. The lowest BCUT2D eigenvalue weighted by Gasteiger charge is -2.27. The second-order valence-corrected chi connectivity index (χ2v) is 5.52. The summed E-state index contributed by atoms with van der Waals surface area (Å²) in [4.78, 5) is 13.3. The van der Waals surface area contributed by atoms with Crippen molar-refractivity contribution < 1.29 is 9.90 Å². The minimum atomic E-state index is -0.762. The standard InChI is InChI=1S/C13H28N2O2/c1-10(2)8-15(9-11(3)4)7-6-12(14-5)13(16)17/h10-12,14H,6-9H2,1-5H3,(H,16,17). The number of aliphatic carboxylic acids is 1. The molecular weight excluding hydrogens is 216 g/mol. The first-order valence-electron chi connectivity index (χ1n) is 6.49. The first-order valence-corrected chi connectivity index (χ1v) is 6.49. The van der Waals surface area contributed by atoms with Crippen molar-refractivity contribution in [1.29, 1.82) is 0 Å². The number of hydrogen-bond donors (Lipinski definition) is 2. The summed E-state index contributed by atoms with van der Waals surface area (Å²) in [6.45, 7) is 11.7. The minimum Gasteiger partial charge on any atom is -0.480 e. The smallest absolute Gasteiger partial charge is 0.320 e. The molecule has 0 rings (SSSR count). The van der Waals surface area contributed by atoms with Gasteiger partial charge in [0.15, 0.2) is 0 Å². The van der Waals surface area contributed by atoms with E-state index in [0.29, 0.717) is 18.3 Å². The number of carboxylic acids is 1. The lowest BCUT2D eigenvalue weighted by molar-refractivity contribution is -0.139. The van der Waals surface area contributed by atoms with Crippen LogP contribution >= 0.6 is 0 Å². The van der Waals surface area contributed by atoms with Gasteiger partial charge in [0.05, 0.1) is 0 Å². The van der Waals surface area contributed by atoms with Crippen molar-refractivity contribution in [2.75, 3.05) is 26.7 Å². The van der Waals surface area contributed by atoms with Gasteiger partial charge in [-0.3, -0.25) is 4.79 Å². The maximum atomic E-state index is 10.9. The Hall–Kier alpha value is -0.610. The van der Waals surface area contributed by atoms with E-state index >= 15 is 0 Å². The molecule has 0 aliphatic rings. The quantitative estimate of drug-likeness (QED) is 0.648. The molecule has 0 bridgehead atoms. The van der Waals surface area contributed by atoms with Crippen LogP contribution in [0, 0.1) is 11.8 Å². The van der Waals surface area contributed by atoms with Crippen LogP contribution in [0.25, 0.3) is 0 Å². The van der Waals surface area contributed by atoms with Crippen LogP contribution in [0.4, 0.5) is 0 Å². The molecule has 0 heterocycles. The van der Waals surface area contributed by atoms with E-state index in [1.54, 1.807) is 7.05 Å². The Morgan fingerprint density at radius 3 is 1.94 bits per heavy atom. The van der Waals surface area contributed by atoms with Crippen molar-refractivity contribution in [3.8, 4) is 0 Å². The summed E-state index contributed by atoms with van der Waals surface area (Å²) in [6.07, 6.45) is 0.658. The summed E-state index contributed by atoms with van der Waals surface area (Å²) in [6, 6.07) is -0.433. The zero-order chi connectivity index (χ0) is 13.4. The fourth-order valence-corrected chi connectivity index (χ4v) is 1.99. The number of likely N-dealkylation sites (N-methyl/N-ethyl adjacent to an activating group) is 1. The molecule has 0 amide bonds. The Morgan fingerprint density at radius 1 is 1.18 bits per heavy atom. The average Bonchev–Trinajstić information content (AvgIpc) is 2.15. The van der Waals surface area contributed by atoms with Gasteiger partial charge in [-0.15, -0.1) is 0 Å². The van der Waals surface area contributed by atoms with Crippen LogP contribution in [0.1, 0.15) is 34.1 Å². The molecule has 102 valence electrons. The van der Waals surface area contributed by atoms with Gasteiger partial charge in [0.2, 0.25) is 0 Å². The van der Waals surface area contributed by atoms with E-state index in [1.807, 2.05) is 0 Å². The van der Waals surface area contributed by atoms with Crippen molar-refractivity contribution >= 4 is 5.97 Å². The molecule has 0 aromatic carbocycles. The Bertz CT molecular complexity index is 207. The number of carbonyl (C=O) groups is 1. The summed E-state index contributed by atoms with van der Waals surface area (Å²) in [5.74, 6) is 0.472. The number of nitrogens with zero attached hydrogens (tertiary/aromatic N) is 1. The van der Waals surface area contributed by atoms with Crippen molar-refractivity contribution in [1.82, 2.24) is 10.2 Å². The van der Waals surface area contributed by atoms with Gasteiger partial charge in [0.25, 0.3) is 0 Å². The zero-order valence-corrected chi connectivity index (χ0v) is 11.9. The Kier molecular flexibility index (Phi) is 8.17. The summed E-state index contributed by atoms with van der Waals surface area (Å²) in [5.41, 5.74) is 0. The summed E-state index contributed by atoms with van der Waals surface area (Å²) in [7, 11) is 1.70. The Labute approximate surface area is 105 Å². The maximum Gasteiger partial charge on any atom is 0.320 e. The molecule has 0 spiro atoms. The second kappa shape index (κ2) is 8.48. The summed E-state index contributed by atoms with van der Waals surface area (Å²) in [5, 5.41) is 11.8. The van der Waals surface area contributed by atoms with E-state index in [4.69, 9.17) is 5.11 Å². The summed E-state index contributed by atoms with van der Waals surface area (Å²) < 4.78 is 0. The van der Waals surface area contributed by atoms with E-state index in [0.717, 1.165) is 19.6 Å². The van der Waals surface area contributed by atoms with E-state index in [-0.39, 0.29) is 0 Å². The third kappa shape index (κ3) is 8.16. The molecule has 4 nitrogen and oxygen atoms in total. The minimum absolute atomic E-state index is 0.433. The normalized spacial score (nSPS) is 13.6. The van der Waals surface area contributed by atoms with Gasteiger partial charge >= 0.3 is 5.97 Å². The van der Waals surface area contributed by atoms with Crippen molar-refractivity contribution in [2.45, 2.75) is 40.2 Å². The van der Waals surface area contributed by atoms with Crippen LogP contribution in [-0.2, 0) is 4.79 Å². The van der Waals surface area contributed by atoms with Crippen LogP contribution in [-0.4, -0.2) is 48.7 Å². The molecule has 17 heavy (non-hydrogen) atoms. The molecule has 1 unspecified atom stereocenters. The van der Waals surface area contributed by atoms with Crippen LogP contribution < -0.4 is 5.32 Å². The SMILES string of the molecule is CNC(CCN(CC(C)C)CC(C)C)C(=O)O. The molecule has 0 saturated heterocycles. The van der Waals surface area contributed by atoms with Gasteiger partial charge < -0.3 is 15.3 Å². The molecule has 4 heteroatoms. The highest BCUT2D eigenvalue weighted by molar-refractivity contribution is 5.73. The number of nitrogens with one attached hydrogen (secondary N) is 1. The molecule has 0 aromatic heterocycles. The van der Waals surface area contributed by atoms with Crippen LogP contribution in [0.2, 0.25) is 0 Å². The van der Waals surface area contributed by atoms with Gasteiger partial charge in [-0.2, -0.15) is 0 Å². The van der Waals surface area contributed by atoms with E-state index in [1.165, 1.54) is 0 Å². The first kappa shape index (κ1) is 16.4. The molecule has 0 aromatic rings. The largest absolute Gasteiger partial charge is 0.480 e. The van der Waals surface area contributed by atoms with Crippen molar-refractivity contribution in [2.24, 2.45) is 11.8 Å². The van der Waals surface area contributed by atoms with Crippen LogP contribution in [0.3, 0.4) is 0 Å². The third-order valence-electron chi connectivity index (χ3n) is 2.63. The predicted molar refractivity (Wildman–Crippen MR) is 71.2 cm³/mol. The predicted octanol–water partition coefficient (Wildman–Crippen LogP) is 1.66. The van der Waals surface area contributed by atoms with Crippen molar-refractivity contribution in [3.05, 3.63) is 0 Å². The van der Waals surface area contributed by atoms with Crippen LogP contribution in [0.5, 0.6) is 0 Å². The molecular formula is C13H28N2O2. The number of rotatable bonds is 9. The van der Waals surface area contributed by atoms with Crippen LogP contribution in [0.15, 0.2) is 0 Å². The molecule has 0 radical (unpaired) electrons. The molecule has 0 fully saturated rings. The van der Waals surface area contributed by atoms with Gasteiger partial charge in [-0.1, -0.05) is 27.7 Å². The fourth-order valence-electron chi connectivity index (χ4n) is 1.99. The van der Waals surface area contributed by atoms with E-state index < -0.39 is 12.0 Å². The molecule has 1 atom stereocenters. The lowest BCUT2D eigenvalue weighted by atomic mass is 10.1. The number of hydrogen-bond acceptors (Lipinski definition) is 3. The Balaban J connectivity index is 4.18. The Morgan fingerprint density at radius 2 is 1.65 bits per heavy atom. The monoisotopic (exact) mass is 244 g/mol. The first-order chi connectivity index (χ1) is 7.86. The molecule has 0 saturated carbocycles. The third-order valence-corrected chi connectivity index (χ3v) is 2.63. The number of carboxylic acid groups (broad SMARTS) is 1.